The Kier molecular flexibility index (Phi) is 7.65. The van der Waals surface area contributed by atoms with Gasteiger partial charge in [0.25, 0.3) is 0 Å². The number of fused-ring (bicyclic) bond motifs is 1. The van der Waals surface area contributed by atoms with Gasteiger partial charge in [-0.15, -0.1) is 6.58 Å². The maximum Gasteiger partial charge on any atom is 0.312 e. The number of hydrogen-bond acceptors (Lipinski definition) is 6. The number of unbranched alkanes of at least 4 members (excludes halogenated alkanes) is 1. The number of nitrogens with zero attached hydrogens (tertiary/aromatic N) is 2. The van der Waals surface area contributed by atoms with Gasteiger partial charge in [-0.3, -0.25) is 14.4 Å². The Morgan fingerprint density at radius 2 is 2.06 bits per heavy atom. The highest BCUT2D eigenvalue weighted by Gasteiger charge is 2.79. The number of carbonyl (C=O) groups is 3. The molecule has 0 aliphatic carbocycles. The first-order valence-electron chi connectivity index (χ1n) is 12.0. The van der Waals surface area contributed by atoms with Crippen LogP contribution in [-0.4, -0.2) is 82.8 Å². The highest BCUT2D eigenvalue weighted by Crippen LogP contribution is 2.64. The van der Waals surface area contributed by atoms with Crippen LogP contribution in [0.25, 0.3) is 0 Å². The fourth-order valence-corrected chi connectivity index (χ4v) is 6.04. The summed E-state index contributed by atoms with van der Waals surface area (Å²) in [7, 11) is 0. The Morgan fingerprint density at radius 3 is 2.66 bits per heavy atom. The molecule has 0 aromatic rings. The summed E-state index contributed by atoms with van der Waals surface area (Å²) in [5.41, 5.74) is -1.82. The molecule has 2 unspecified atom stereocenters. The molecule has 8 nitrogen and oxygen atoms in total. The lowest BCUT2D eigenvalue weighted by atomic mass is 9.65. The van der Waals surface area contributed by atoms with Crippen LogP contribution in [0.4, 0.5) is 0 Å². The van der Waals surface area contributed by atoms with E-state index >= 15 is 0 Å². The van der Waals surface area contributed by atoms with Crippen LogP contribution in [0.1, 0.15) is 59.3 Å². The molecule has 3 saturated heterocycles. The maximum atomic E-state index is 13.9. The molecule has 1 spiro atoms. The van der Waals surface area contributed by atoms with E-state index < -0.39 is 35.0 Å². The van der Waals surface area contributed by atoms with E-state index in [0.717, 1.165) is 12.8 Å². The number of carbonyl (C=O) groups excluding carboxylic acids is 3. The van der Waals surface area contributed by atoms with Gasteiger partial charge in [-0.05, 0) is 39.0 Å². The summed E-state index contributed by atoms with van der Waals surface area (Å²) in [6, 6.07) is -0.809. The van der Waals surface area contributed by atoms with E-state index in [0.29, 0.717) is 38.8 Å². The van der Waals surface area contributed by atoms with Crippen molar-refractivity contribution in [2.75, 3.05) is 32.8 Å². The average molecular weight is 451 g/mol. The van der Waals surface area contributed by atoms with Gasteiger partial charge in [-0.25, -0.2) is 0 Å². The molecule has 3 fully saturated rings. The molecule has 3 heterocycles. The zero-order valence-electron chi connectivity index (χ0n) is 19.7. The van der Waals surface area contributed by atoms with E-state index in [1.807, 2.05) is 6.92 Å². The Hall–Kier alpha value is -1.93. The van der Waals surface area contributed by atoms with E-state index in [1.54, 1.807) is 22.8 Å². The molecule has 2 amide bonds. The van der Waals surface area contributed by atoms with Gasteiger partial charge in [-0.2, -0.15) is 0 Å². The first-order chi connectivity index (χ1) is 15.4. The van der Waals surface area contributed by atoms with Crippen LogP contribution >= 0.6 is 0 Å². The smallest absolute Gasteiger partial charge is 0.312 e. The van der Waals surface area contributed by atoms with Crippen LogP contribution in [0.2, 0.25) is 0 Å². The van der Waals surface area contributed by atoms with Crippen molar-refractivity contribution in [2.24, 2.45) is 11.8 Å². The van der Waals surface area contributed by atoms with Gasteiger partial charge >= 0.3 is 5.97 Å². The molecular formula is C24H38N2O6. The first kappa shape index (κ1) is 24.7. The second-order valence-electron chi connectivity index (χ2n) is 9.12. The summed E-state index contributed by atoms with van der Waals surface area (Å²) in [6.07, 6.45) is 5.58. The summed E-state index contributed by atoms with van der Waals surface area (Å²) in [6.45, 7) is 10.9. The molecule has 3 rings (SSSR count). The topological polar surface area (TPSA) is 96.4 Å². The number of ether oxygens (including phenoxy) is 2. The Bertz CT molecular complexity index is 742. The highest BCUT2D eigenvalue weighted by atomic mass is 16.6. The summed E-state index contributed by atoms with van der Waals surface area (Å²) < 4.78 is 12.0. The number of esters is 1. The Labute approximate surface area is 190 Å². The minimum atomic E-state index is -1.04. The molecule has 3 aliphatic rings. The third-order valence-corrected chi connectivity index (χ3v) is 7.46. The van der Waals surface area contributed by atoms with Crippen molar-refractivity contribution in [2.45, 2.75) is 76.5 Å². The quantitative estimate of drug-likeness (QED) is 0.360. The minimum absolute atomic E-state index is 0.0877. The molecule has 8 heteroatoms. The summed E-state index contributed by atoms with van der Waals surface area (Å²) in [4.78, 5) is 44.0. The van der Waals surface area contributed by atoms with E-state index in [4.69, 9.17) is 9.47 Å². The van der Waals surface area contributed by atoms with Crippen molar-refractivity contribution in [1.82, 2.24) is 9.80 Å². The monoisotopic (exact) mass is 450 g/mol. The van der Waals surface area contributed by atoms with E-state index in [1.165, 1.54) is 0 Å². The largest absolute Gasteiger partial charge is 0.466 e. The van der Waals surface area contributed by atoms with Gasteiger partial charge in [0, 0.05) is 26.2 Å². The van der Waals surface area contributed by atoms with Crippen molar-refractivity contribution < 1.29 is 29.0 Å². The lowest BCUT2D eigenvalue weighted by Crippen LogP contribution is -2.56. The Balaban J connectivity index is 2.05. The number of aliphatic hydroxyl groups excluding tert-OH is 1. The SMILES string of the molecule is C=CCN(CCCC)C(=O)C1N(CCCO)C(=O)[C@@H]2[C@@H](C(=O)OCC)[C@@]3(CC)CCC12O3. The molecule has 1 N–H and O–H groups in total. The van der Waals surface area contributed by atoms with Gasteiger partial charge in [0.2, 0.25) is 11.8 Å². The zero-order valence-corrected chi connectivity index (χ0v) is 19.7. The first-order valence-corrected chi connectivity index (χ1v) is 12.0. The second-order valence-corrected chi connectivity index (χ2v) is 9.12. The lowest BCUT2D eigenvalue weighted by molar-refractivity contribution is -0.161. The highest BCUT2D eigenvalue weighted by molar-refractivity contribution is 5.98. The maximum absolute atomic E-state index is 13.9. The molecular weight excluding hydrogens is 412 g/mol. The fraction of sp³-hybridized carbons (Fsp3) is 0.792. The number of likely N-dealkylation sites (tertiary alicyclic amines) is 1. The van der Waals surface area contributed by atoms with Crippen molar-refractivity contribution >= 4 is 17.8 Å². The molecule has 0 radical (unpaired) electrons. The third kappa shape index (κ3) is 3.75. The normalized spacial score (nSPS) is 32.8. The zero-order chi connectivity index (χ0) is 23.5. The predicted molar refractivity (Wildman–Crippen MR) is 119 cm³/mol. The lowest BCUT2D eigenvalue weighted by Gasteiger charge is -2.37. The number of hydrogen-bond donors (Lipinski definition) is 1. The average Bonchev–Trinajstić information content (AvgIpc) is 3.38. The summed E-state index contributed by atoms with van der Waals surface area (Å²) in [5.74, 6) is -2.27. The van der Waals surface area contributed by atoms with Crippen molar-refractivity contribution in [3.63, 3.8) is 0 Å². The standard InChI is InChI=1S/C24H38N2O6/c1-5-9-14-25(13-6-2)21(29)19-24-12-11-23(7-3,32-24)18(22(30)31-8-4)17(24)20(28)26(19)15-10-16-27/h6,17-19,27H,2,5,7-16H2,1,3-4H3/t17-,18-,19?,23+,24?/m0/s1. The fourth-order valence-electron chi connectivity index (χ4n) is 6.04. The molecule has 5 atom stereocenters. The molecule has 0 aromatic heterocycles. The molecule has 0 aromatic carbocycles. The molecule has 32 heavy (non-hydrogen) atoms. The van der Waals surface area contributed by atoms with Gasteiger partial charge < -0.3 is 24.4 Å². The van der Waals surface area contributed by atoms with E-state index in [-0.39, 0.29) is 31.6 Å². The van der Waals surface area contributed by atoms with Gasteiger partial charge in [0.1, 0.15) is 17.6 Å². The number of amides is 2. The van der Waals surface area contributed by atoms with Crippen LogP contribution in [-0.2, 0) is 23.9 Å². The van der Waals surface area contributed by atoms with Gasteiger partial charge in [0.15, 0.2) is 0 Å². The number of aliphatic hydroxyl groups is 1. The van der Waals surface area contributed by atoms with Crippen LogP contribution in [0.15, 0.2) is 12.7 Å². The molecule has 180 valence electrons. The second kappa shape index (κ2) is 9.91. The van der Waals surface area contributed by atoms with Crippen molar-refractivity contribution in [3.05, 3.63) is 12.7 Å². The van der Waals surface area contributed by atoms with Crippen LogP contribution in [0.3, 0.4) is 0 Å². The van der Waals surface area contributed by atoms with Gasteiger partial charge in [0.05, 0.1) is 18.1 Å². The van der Waals surface area contributed by atoms with Crippen LogP contribution < -0.4 is 0 Å². The van der Waals surface area contributed by atoms with Crippen molar-refractivity contribution in [3.8, 4) is 0 Å². The van der Waals surface area contributed by atoms with E-state index in [2.05, 4.69) is 13.5 Å². The Morgan fingerprint density at radius 1 is 1.31 bits per heavy atom. The van der Waals surface area contributed by atoms with Gasteiger partial charge in [-0.1, -0.05) is 26.3 Å². The summed E-state index contributed by atoms with van der Waals surface area (Å²) in [5, 5.41) is 9.42. The van der Waals surface area contributed by atoms with Crippen molar-refractivity contribution in [1.29, 1.82) is 0 Å². The summed E-state index contributed by atoms with van der Waals surface area (Å²) >= 11 is 0. The predicted octanol–water partition coefficient (Wildman–Crippen LogP) is 1.90. The molecule has 3 aliphatic heterocycles. The van der Waals surface area contributed by atoms with Crippen LogP contribution in [0, 0.1) is 11.8 Å². The molecule has 2 bridgehead atoms. The minimum Gasteiger partial charge on any atom is -0.466 e. The molecule has 0 saturated carbocycles. The van der Waals surface area contributed by atoms with E-state index in [9.17, 15) is 19.5 Å². The number of rotatable bonds is 12. The third-order valence-electron chi connectivity index (χ3n) is 7.46. The van der Waals surface area contributed by atoms with Crippen LogP contribution in [0.5, 0.6) is 0 Å².